The summed E-state index contributed by atoms with van der Waals surface area (Å²) < 4.78 is 0. The highest BCUT2D eigenvalue weighted by Crippen LogP contribution is 2.43. The first-order valence-corrected chi connectivity index (χ1v) is 4.65. The minimum atomic E-state index is -0.814. The molecule has 1 fully saturated rings. The lowest BCUT2D eigenvalue weighted by Crippen LogP contribution is -2.57. The molecule has 3 heteroatoms. The molecule has 0 bridgehead atoms. The molecule has 1 aliphatic carbocycles. The molecule has 1 unspecified atom stereocenters. The molecule has 75 valence electrons. The Labute approximate surface area is 79.9 Å². The summed E-state index contributed by atoms with van der Waals surface area (Å²) in [5, 5.41) is 0. The molecule has 0 aromatic heterocycles. The van der Waals surface area contributed by atoms with Gasteiger partial charge in [-0.15, -0.1) is 0 Å². The van der Waals surface area contributed by atoms with Crippen LogP contribution in [0.15, 0.2) is 0 Å². The van der Waals surface area contributed by atoms with Gasteiger partial charge in [-0.25, -0.2) is 0 Å². The lowest BCUT2D eigenvalue weighted by molar-refractivity contribution is -0.125. The normalized spacial score (nSPS) is 34.5. The van der Waals surface area contributed by atoms with Crippen molar-refractivity contribution in [1.82, 2.24) is 0 Å². The predicted molar refractivity (Wildman–Crippen MR) is 52.7 cm³/mol. The van der Waals surface area contributed by atoms with Gasteiger partial charge < -0.3 is 11.5 Å². The number of carbonyl (C=O) groups excluding carboxylic acids is 1. The molecular formula is C10H19N2O. The molecule has 1 amide bonds. The molecule has 0 saturated heterocycles. The molecule has 3 nitrogen and oxygen atoms in total. The topological polar surface area (TPSA) is 69.1 Å². The van der Waals surface area contributed by atoms with Crippen LogP contribution in [0.5, 0.6) is 0 Å². The quantitative estimate of drug-likeness (QED) is 0.636. The number of carbonyl (C=O) groups is 1. The van der Waals surface area contributed by atoms with Gasteiger partial charge in [-0.1, -0.05) is 20.8 Å². The number of rotatable bonds is 1. The van der Waals surface area contributed by atoms with Gasteiger partial charge in [0.05, 0.1) is 5.54 Å². The van der Waals surface area contributed by atoms with Crippen LogP contribution < -0.4 is 11.5 Å². The summed E-state index contributed by atoms with van der Waals surface area (Å²) in [6, 6.07) is 0. The van der Waals surface area contributed by atoms with Gasteiger partial charge in [0, 0.05) is 0 Å². The maximum absolute atomic E-state index is 11.2. The van der Waals surface area contributed by atoms with Crippen molar-refractivity contribution in [3.63, 3.8) is 0 Å². The maximum atomic E-state index is 11.2. The van der Waals surface area contributed by atoms with Crippen LogP contribution in [0.25, 0.3) is 0 Å². The molecule has 1 radical (unpaired) electrons. The largest absolute Gasteiger partial charge is 0.368 e. The van der Waals surface area contributed by atoms with Crippen LogP contribution in [0.3, 0.4) is 0 Å². The van der Waals surface area contributed by atoms with Gasteiger partial charge >= 0.3 is 0 Å². The average Bonchev–Trinajstić information content (AvgIpc) is 1.79. The average molecular weight is 183 g/mol. The third kappa shape index (κ3) is 2.21. The number of nitrogens with two attached hydrogens (primary N) is 2. The highest BCUT2D eigenvalue weighted by molar-refractivity contribution is 5.85. The molecule has 0 aromatic rings. The fourth-order valence-electron chi connectivity index (χ4n) is 2.57. The minimum Gasteiger partial charge on any atom is -0.368 e. The van der Waals surface area contributed by atoms with Crippen molar-refractivity contribution in [1.29, 1.82) is 0 Å². The number of primary amides is 1. The van der Waals surface area contributed by atoms with Crippen molar-refractivity contribution in [3.8, 4) is 0 Å². The highest BCUT2D eigenvalue weighted by Gasteiger charge is 2.44. The summed E-state index contributed by atoms with van der Waals surface area (Å²) in [5.74, 6) is 0.900. The Morgan fingerprint density at radius 3 is 2.31 bits per heavy atom. The second kappa shape index (κ2) is 2.98. The molecule has 4 N–H and O–H groups in total. The molecule has 0 aromatic carbocycles. The van der Waals surface area contributed by atoms with Crippen molar-refractivity contribution >= 4 is 5.91 Å². The lowest BCUT2D eigenvalue weighted by atomic mass is 9.64. The van der Waals surface area contributed by atoms with E-state index in [-0.39, 0.29) is 11.3 Å². The zero-order valence-electron chi connectivity index (χ0n) is 8.68. The van der Waals surface area contributed by atoms with Gasteiger partial charge in [-0.2, -0.15) is 0 Å². The number of hydrogen-bond donors (Lipinski definition) is 2. The van der Waals surface area contributed by atoms with E-state index in [0.717, 1.165) is 6.42 Å². The first-order valence-electron chi connectivity index (χ1n) is 4.65. The van der Waals surface area contributed by atoms with Crippen LogP contribution in [0.4, 0.5) is 0 Å². The van der Waals surface area contributed by atoms with Crippen LogP contribution in [-0.2, 0) is 4.79 Å². The highest BCUT2D eigenvalue weighted by atomic mass is 16.1. The van der Waals surface area contributed by atoms with E-state index in [1.165, 1.54) is 5.92 Å². The Bertz CT molecular complexity index is 225. The van der Waals surface area contributed by atoms with Crippen LogP contribution in [0.2, 0.25) is 0 Å². The Hall–Kier alpha value is -0.570. The zero-order chi connectivity index (χ0) is 10.3. The maximum Gasteiger partial charge on any atom is 0.237 e. The van der Waals surface area contributed by atoms with E-state index in [0.29, 0.717) is 12.8 Å². The summed E-state index contributed by atoms with van der Waals surface area (Å²) in [6.45, 7) is 6.30. The zero-order valence-corrected chi connectivity index (χ0v) is 8.68. The van der Waals surface area contributed by atoms with Gasteiger partial charge in [-0.3, -0.25) is 4.79 Å². The van der Waals surface area contributed by atoms with Crippen molar-refractivity contribution in [2.75, 3.05) is 0 Å². The SMILES string of the molecule is C[C]1CC(C)(C)CC(N)(C(N)=O)C1. The van der Waals surface area contributed by atoms with E-state index < -0.39 is 5.54 Å². The molecule has 0 spiro atoms. The van der Waals surface area contributed by atoms with Gasteiger partial charge in [-0.05, 0) is 30.6 Å². The third-order valence-electron chi connectivity index (χ3n) is 2.68. The summed E-state index contributed by atoms with van der Waals surface area (Å²) in [6.07, 6.45) is 2.37. The van der Waals surface area contributed by atoms with Crippen LogP contribution in [0.1, 0.15) is 40.0 Å². The number of hydrogen-bond acceptors (Lipinski definition) is 2. The van der Waals surface area contributed by atoms with Crippen molar-refractivity contribution < 1.29 is 4.79 Å². The van der Waals surface area contributed by atoms with E-state index in [1.807, 2.05) is 6.92 Å². The van der Waals surface area contributed by atoms with Crippen molar-refractivity contribution in [2.24, 2.45) is 16.9 Å². The third-order valence-corrected chi connectivity index (χ3v) is 2.68. The summed E-state index contributed by atoms with van der Waals surface area (Å²) in [5.41, 5.74) is 10.6. The number of amides is 1. The second-order valence-corrected chi connectivity index (χ2v) is 5.17. The van der Waals surface area contributed by atoms with Crippen LogP contribution >= 0.6 is 0 Å². The molecule has 0 aliphatic heterocycles. The fraction of sp³-hybridized carbons (Fsp3) is 0.800. The lowest BCUT2D eigenvalue weighted by Gasteiger charge is -2.43. The molecule has 0 heterocycles. The molecular weight excluding hydrogens is 164 g/mol. The van der Waals surface area contributed by atoms with E-state index in [1.54, 1.807) is 0 Å². The molecule has 1 atom stereocenters. The fourth-order valence-corrected chi connectivity index (χ4v) is 2.57. The minimum absolute atomic E-state index is 0.103. The van der Waals surface area contributed by atoms with Gasteiger partial charge in [0.25, 0.3) is 0 Å². The first kappa shape index (κ1) is 10.5. The molecule has 1 saturated carbocycles. The molecule has 1 aliphatic rings. The van der Waals surface area contributed by atoms with Crippen molar-refractivity contribution in [3.05, 3.63) is 5.92 Å². The predicted octanol–water partition coefficient (Wildman–Crippen LogP) is 0.974. The van der Waals surface area contributed by atoms with Crippen LogP contribution in [0, 0.1) is 11.3 Å². The summed E-state index contributed by atoms with van der Waals surface area (Å²) in [7, 11) is 0. The van der Waals surface area contributed by atoms with Gasteiger partial charge in [0.1, 0.15) is 0 Å². The summed E-state index contributed by atoms with van der Waals surface area (Å²) in [4.78, 5) is 11.2. The Morgan fingerprint density at radius 2 is 1.92 bits per heavy atom. The summed E-state index contributed by atoms with van der Waals surface area (Å²) >= 11 is 0. The van der Waals surface area contributed by atoms with E-state index in [9.17, 15) is 4.79 Å². The standard InChI is InChI=1S/C10H19N2O/c1-7-4-9(2,3)6-10(12,5-7)8(11)13/h4-6,12H2,1-3H3,(H2,11,13). The van der Waals surface area contributed by atoms with E-state index >= 15 is 0 Å². The van der Waals surface area contributed by atoms with Gasteiger partial charge in [0.15, 0.2) is 0 Å². The van der Waals surface area contributed by atoms with Gasteiger partial charge in [0.2, 0.25) is 5.91 Å². The smallest absolute Gasteiger partial charge is 0.237 e. The van der Waals surface area contributed by atoms with E-state index in [4.69, 9.17) is 11.5 Å². The first-order chi connectivity index (χ1) is 5.75. The molecule has 13 heavy (non-hydrogen) atoms. The Morgan fingerprint density at radius 1 is 1.38 bits per heavy atom. The monoisotopic (exact) mass is 183 g/mol. The second-order valence-electron chi connectivity index (χ2n) is 5.17. The molecule has 1 rings (SSSR count). The Kier molecular flexibility index (Phi) is 2.41. The van der Waals surface area contributed by atoms with Crippen LogP contribution in [-0.4, -0.2) is 11.4 Å². The Balaban J connectivity index is 2.84. The van der Waals surface area contributed by atoms with E-state index in [2.05, 4.69) is 13.8 Å². The van der Waals surface area contributed by atoms with Crippen molar-refractivity contribution in [2.45, 2.75) is 45.6 Å².